The van der Waals surface area contributed by atoms with E-state index in [2.05, 4.69) is 63.9 Å². The van der Waals surface area contributed by atoms with Crippen molar-refractivity contribution in [1.29, 1.82) is 0 Å². The van der Waals surface area contributed by atoms with Crippen LogP contribution in [0.3, 0.4) is 0 Å². The highest BCUT2D eigenvalue weighted by atomic mass is 16.2. The summed E-state index contributed by atoms with van der Waals surface area (Å²) in [7, 11) is 0. The van der Waals surface area contributed by atoms with Crippen LogP contribution in [-0.2, 0) is 24.3 Å². The third kappa shape index (κ3) is 6.20. The number of aromatic nitrogens is 2. The number of aromatic amines is 1. The maximum Gasteiger partial charge on any atom is 0.222 e. The molecule has 0 unspecified atom stereocenters. The summed E-state index contributed by atoms with van der Waals surface area (Å²) in [5, 5.41) is 0. The van der Waals surface area contributed by atoms with Gasteiger partial charge < -0.3 is 9.88 Å². The Kier molecular flexibility index (Phi) is 7.98. The van der Waals surface area contributed by atoms with E-state index in [0.29, 0.717) is 18.2 Å². The molecule has 1 amide bonds. The lowest BCUT2D eigenvalue weighted by atomic mass is 9.93. The summed E-state index contributed by atoms with van der Waals surface area (Å²) < 4.78 is 0. The first kappa shape index (κ1) is 23.0. The predicted molar refractivity (Wildman–Crippen MR) is 128 cm³/mol. The molecule has 3 heterocycles. The minimum Gasteiger partial charge on any atom is -0.346 e. The standard InChI is InChI=1S/C26H39N5O/c1-3-25-27-21(2)24(28-25)20-30-13-7-10-23(19-30)11-12-26(32)31-16-14-29(15-17-31)18-22-8-5-4-6-9-22/h4-6,8-9,23H,3,7,10-20H2,1-2H3,(H,27,28)/t23-/m1/s1. The SMILES string of the molecule is CCc1nc(CN2CCC[C@H](CCC(=O)N3CCN(Cc4ccccc4)CC3)C2)c(C)[nH]1. The molecule has 1 aromatic carbocycles. The van der Waals surface area contributed by atoms with Gasteiger partial charge in [-0.3, -0.25) is 14.6 Å². The summed E-state index contributed by atoms with van der Waals surface area (Å²) in [6.45, 7) is 12.1. The summed E-state index contributed by atoms with van der Waals surface area (Å²) in [4.78, 5) is 28.1. The summed E-state index contributed by atoms with van der Waals surface area (Å²) in [5.74, 6) is 2.05. The van der Waals surface area contributed by atoms with Crippen LogP contribution in [0, 0.1) is 12.8 Å². The second-order valence-electron chi connectivity index (χ2n) is 9.53. The van der Waals surface area contributed by atoms with E-state index in [4.69, 9.17) is 4.98 Å². The van der Waals surface area contributed by atoms with Gasteiger partial charge in [-0.1, -0.05) is 37.3 Å². The number of carbonyl (C=O) groups excluding carboxylic acids is 1. The van der Waals surface area contributed by atoms with Gasteiger partial charge >= 0.3 is 0 Å². The Labute approximate surface area is 193 Å². The number of nitrogens with one attached hydrogen (secondary N) is 1. The molecule has 0 spiro atoms. The van der Waals surface area contributed by atoms with Crippen molar-refractivity contribution in [2.75, 3.05) is 39.3 Å². The van der Waals surface area contributed by atoms with Crippen molar-refractivity contribution in [3.05, 3.63) is 53.1 Å². The number of benzene rings is 1. The summed E-state index contributed by atoms with van der Waals surface area (Å²) in [5.41, 5.74) is 3.74. The lowest BCUT2D eigenvalue weighted by Crippen LogP contribution is -2.48. The topological polar surface area (TPSA) is 55.5 Å². The van der Waals surface area contributed by atoms with Crippen LogP contribution in [0.4, 0.5) is 0 Å². The Balaban J connectivity index is 1.18. The van der Waals surface area contributed by atoms with Gasteiger partial charge in [0.05, 0.1) is 5.69 Å². The van der Waals surface area contributed by atoms with E-state index in [-0.39, 0.29) is 0 Å². The highest BCUT2D eigenvalue weighted by Crippen LogP contribution is 2.23. The third-order valence-electron chi connectivity index (χ3n) is 7.09. The molecule has 0 bridgehead atoms. The number of rotatable bonds is 8. The van der Waals surface area contributed by atoms with Crippen molar-refractivity contribution in [1.82, 2.24) is 24.7 Å². The van der Waals surface area contributed by atoms with Crippen molar-refractivity contribution in [2.45, 2.75) is 59.0 Å². The largest absolute Gasteiger partial charge is 0.346 e. The molecule has 32 heavy (non-hydrogen) atoms. The summed E-state index contributed by atoms with van der Waals surface area (Å²) >= 11 is 0. The molecular formula is C26H39N5O. The van der Waals surface area contributed by atoms with Crippen molar-refractivity contribution in [3.63, 3.8) is 0 Å². The van der Waals surface area contributed by atoms with Crippen LogP contribution in [0.2, 0.25) is 0 Å². The zero-order chi connectivity index (χ0) is 22.3. The van der Waals surface area contributed by atoms with Gasteiger partial charge in [0.25, 0.3) is 0 Å². The molecule has 2 aliphatic rings. The maximum atomic E-state index is 12.8. The van der Waals surface area contributed by atoms with E-state index in [9.17, 15) is 4.79 Å². The lowest BCUT2D eigenvalue weighted by molar-refractivity contribution is -0.133. The minimum absolute atomic E-state index is 0.345. The molecule has 0 aliphatic carbocycles. The van der Waals surface area contributed by atoms with E-state index in [1.165, 1.54) is 29.8 Å². The number of hydrogen-bond acceptors (Lipinski definition) is 4. The lowest BCUT2D eigenvalue weighted by Gasteiger charge is -2.36. The fraction of sp³-hybridized carbons (Fsp3) is 0.615. The van der Waals surface area contributed by atoms with Crippen molar-refractivity contribution >= 4 is 5.91 Å². The second-order valence-corrected chi connectivity index (χ2v) is 9.53. The zero-order valence-corrected chi connectivity index (χ0v) is 19.9. The molecule has 1 aromatic heterocycles. The fourth-order valence-electron chi connectivity index (χ4n) is 5.11. The zero-order valence-electron chi connectivity index (χ0n) is 19.9. The normalized spacial score (nSPS) is 20.6. The number of likely N-dealkylation sites (tertiary alicyclic amines) is 1. The minimum atomic E-state index is 0.345. The van der Waals surface area contributed by atoms with Crippen LogP contribution < -0.4 is 0 Å². The van der Waals surface area contributed by atoms with E-state index >= 15 is 0 Å². The van der Waals surface area contributed by atoms with Crippen LogP contribution in [0.1, 0.15) is 55.4 Å². The number of hydrogen-bond donors (Lipinski definition) is 1. The number of piperazine rings is 1. The fourth-order valence-corrected chi connectivity index (χ4v) is 5.11. The molecule has 174 valence electrons. The third-order valence-corrected chi connectivity index (χ3v) is 7.09. The van der Waals surface area contributed by atoms with E-state index in [1.807, 2.05) is 0 Å². The molecule has 2 fully saturated rings. The molecule has 1 atom stereocenters. The Hall–Kier alpha value is -2.18. The first-order valence-electron chi connectivity index (χ1n) is 12.4. The second kappa shape index (κ2) is 11.1. The number of nitrogens with zero attached hydrogens (tertiary/aromatic N) is 4. The van der Waals surface area contributed by atoms with E-state index in [1.54, 1.807) is 0 Å². The van der Waals surface area contributed by atoms with Gasteiger partial charge in [-0.05, 0) is 44.2 Å². The summed E-state index contributed by atoms with van der Waals surface area (Å²) in [6, 6.07) is 10.6. The number of carbonyl (C=O) groups is 1. The van der Waals surface area contributed by atoms with Gasteiger partial charge in [0.2, 0.25) is 5.91 Å². The van der Waals surface area contributed by atoms with Gasteiger partial charge in [0.15, 0.2) is 0 Å². The van der Waals surface area contributed by atoms with Crippen molar-refractivity contribution < 1.29 is 4.79 Å². The molecule has 6 nitrogen and oxygen atoms in total. The average Bonchev–Trinajstić information content (AvgIpc) is 3.18. The average molecular weight is 438 g/mol. The number of H-pyrrole nitrogens is 1. The molecular weight excluding hydrogens is 398 g/mol. The smallest absolute Gasteiger partial charge is 0.222 e. The Morgan fingerprint density at radius 1 is 1.06 bits per heavy atom. The number of piperidine rings is 1. The highest BCUT2D eigenvalue weighted by molar-refractivity contribution is 5.76. The van der Waals surface area contributed by atoms with Crippen LogP contribution in [0.25, 0.3) is 0 Å². The van der Waals surface area contributed by atoms with Gasteiger partial charge in [-0.25, -0.2) is 4.98 Å². The van der Waals surface area contributed by atoms with Crippen molar-refractivity contribution in [3.8, 4) is 0 Å². The maximum absolute atomic E-state index is 12.8. The molecule has 4 rings (SSSR count). The van der Waals surface area contributed by atoms with Crippen molar-refractivity contribution in [2.24, 2.45) is 5.92 Å². The number of aryl methyl sites for hydroxylation is 2. The van der Waals surface area contributed by atoms with E-state index < -0.39 is 0 Å². The number of amides is 1. The van der Waals surface area contributed by atoms with Crippen LogP contribution in [0.15, 0.2) is 30.3 Å². The monoisotopic (exact) mass is 437 g/mol. The summed E-state index contributed by atoms with van der Waals surface area (Å²) in [6.07, 6.45) is 5.12. The number of imidazole rings is 1. The van der Waals surface area contributed by atoms with Gasteiger partial charge in [0, 0.05) is 64.3 Å². The molecule has 0 radical (unpaired) electrons. The van der Waals surface area contributed by atoms with E-state index in [0.717, 1.165) is 71.0 Å². The van der Waals surface area contributed by atoms with Gasteiger partial charge in [-0.15, -0.1) is 0 Å². The van der Waals surface area contributed by atoms with Crippen LogP contribution in [-0.4, -0.2) is 69.8 Å². The predicted octanol–water partition coefficient (Wildman–Crippen LogP) is 3.62. The van der Waals surface area contributed by atoms with Gasteiger partial charge in [0.1, 0.15) is 5.82 Å². The van der Waals surface area contributed by atoms with Crippen LogP contribution >= 0.6 is 0 Å². The quantitative estimate of drug-likeness (QED) is 0.685. The molecule has 2 saturated heterocycles. The first-order valence-corrected chi connectivity index (χ1v) is 12.4. The molecule has 1 N–H and O–H groups in total. The molecule has 6 heteroatoms. The molecule has 0 saturated carbocycles. The van der Waals surface area contributed by atoms with Crippen LogP contribution in [0.5, 0.6) is 0 Å². The first-order chi connectivity index (χ1) is 15.6. The Morgan fingerprint density at radius 2 is 1.84 bits per heavy atom. The highest BCUT2D eigenvalue weighted by Gasteiger charge is 2.25. The molecule has 2 aromatic rings. The Morgan fingerprint density at radius 3 is 2.56 bits per heavy atom. The molecule has 2 aliphatic heterocycles. The Bertz CT molecular complexity index is 856. The van der Waals surface area contributed by atoms with Gasteiger partial charge in [-0.2, -0.15) is 0 Å².